The Kier molecular flexibility index (Phi) is 5.39. The lowest BCUT2D eigenvalue weighted by Crippen LogP contribution is -2.29. The molecular weight excluding hydrogens is 220 g/mol. The zero-order valence-corrected chi connectivity index (χ0v) is 10.8. The summed E-state index contributed by atoms with van der Waals surface area (Å²) in [4.78, 5) is 1.90. The highest BCUT2D eigenvalue weighted by atomic mass is 19.1. The summed E-state index contributed by atoms with van der Waals surface area (Å²) in [5.41, 5.74) is 0.371. The highest BCUT2D eigenvalue weighted by Gasteiger charge is 2.13. The molecule has 1 aromatic rings. The lowest BCUT2D eigenvalue weighted by Gasteiger charge is -2.26. The van der Waals surface area contributed by atoms with E-state index in [0.29, 0.717) is 18.2 Å². The van der Waals surface area contributed by atoms with Gasteiger partial charge in [0.15, 0.2) is 0 Å². The maximum atomic E-state index is 13.6. The van der Waals surface area contributed by atoms with Crippen molar-refractivity contribution in [1.82, 2.24) is 0 Å². The summed E-state index contributed by atoms with van der Waals surface area (Å²) in [5, 5.41) is 0. The molecule has 0 fully saturated rings. The van der Waals surface area contributed by atoms with Gasteiger partial charge in [-0.3, -0.25) is 0 Å². The Morgan fingerprint density at radius 1 is 1.24 bits per heavy atom. The van der Waals surface area contributed by atoms with Crippen LogP contribution in [0.5, 0.6) is 0 Å². The molecule has 3 heteroatoms. The Morgan fingerprint density at radius 3 is 2.53 bits per heavy atom. The van der Waals surface area contributed by atoms with Gasteiger partial charge in [-0.15, -0.1) is 0 Å². The molecule has 0 amide bonds. The van der Waals surface area contributed by atoms with Crippen molar-refractivity contribution >= 4 is 5.69 Å². The van der Waals surface area contributed by atoms with Crippen molar-refractivity contribution in [2.75, 3.05) is 18.0 Å². The minimum absolute atomic E-state index is 0.350. The van der Waals surface area contributed by atoms with Crippen LogP contribution in [-0.2, 0) is 0 Å². The number of nitrogens with zero attached hydrogens (tertiary/aromatic N) is 1. The smallest absolute Gasteiger partial charge is 0.146 e. The van der Waals surface area contributed by atoms with E-state index < -0.39 is 0 Å². The number of hydrogen-bond donors (Lipinski definition) is 0. The molecule has 0 bridgehead atoms. The lowest BCUT2D eigenvalue weighted by atomic mass is 10.1. The molecule has 1 unspecified atom stereocenters. The molecule has 0 saturated heterocycles. The Labute approximate surface area is 102 Å². The summed E-state index contributed by atoms with van der Waals surface area (Å²) in [5.74, 6) is -0.248. The van der Waals surface area contributed by atoms with Gasteiger partial charge < -0.3 is 4.90 Å². The van der Waals surface area contributed by atoms with Gasteiger partial charge in [-0.25, -0.2) is 8.78 Å². The fourth-order valence-corrected chi connectivity index (χ4v) is 2.09. The van der Waals surface area contributed by atoms with Crippen molar-refractivity contribution in [2.45, 2.75) is 33.6 Å². The van der Waals surface area contributed by atoms with Crippen LogP contribution in [-0.4, -0.2) is 13.1 Å². The van der Waals surface area contributed by atoms with E-state index in [-0.39, 0.29) is 11.6 Å². The standard InChI is InChI=1S/C14H21F2N/c1-4-6-11(3)10-17(5-2)14-9-12(15)7-8-13(14)16/h7-9,11H,4-6,10H2,1-3H3. The normalized spacial score (nSPS) is 12.5. The molecule has 1 atom stereocenters. The minimum atomic E-state index is -0.386. The van der Waals surface area contributed by atoms with Crippen LogP contribution in [0, 0.1) is 17.6 Å². The summed E-state index contributed by atoms with van der Waals surface area (Å²) in [6, 6.07) is 3.62. The van der Waals surface area contributed by atoms with Crippen LogP contribution >= 0.6 is 0 Å². The highest BCUT2D eigenvalue weighted by molar-refractivity contribution is 5.47. The Bertz CT molecular complexity index is 352. The molecule has 0 heterocycles. The first-order valence-corrected chi connectivity index (χ1v) is 6.28. The van der Waals surface area contributed by atoms with Gasteiger partial charge in [0.2, 0.25) is 0 Å². The summed E-state index contributed by atoms with van der Waals surface area (Å²) >= 11 is 0. The zero-order valence-electron chi connectivity index (χ0n) is 10.8. The molecule has 17 heavy (non-hydrogen) atoms. The van der Waals surface area contributed by atoms with E-state index in [1.165, 1.54) is 12.1 Å². The first-order valence-electron chi connectivity index (χ1n) is 6.28. The van der Waals surface area contributed by atoms with Gasteiger partial charge in [-0.1, -0.05) is 20.3 Å². The highest BCUT2D eigenvalue weighted by Crippen LogP contribution is 2.22. The predicted octanol–water partition coefficient (Wildman–Crippen LogP) is 4.23. The Morgan fingerprint density at radius 2 is 1.94 bits per heavy atom. The van der Waals surface area contributed by atoms with Gasteiger partial charge in [0.05, 0.1) is 5.69 Å². The quantitative estimate of drug-likeness (QED) is 0.720. The molecule has 0 saturated carbocycles. The van der Waals surface area contributed by atoms with Gasteiger partial charge in [-0.05, 0) is 31.4 Å². The Balaban J connectivity index is 2.82. The number of halogens is 2. The van der Waals surface area contributed by atoms with E-state index >= 15 is 0 Å². The molecule has 0 aliphatic heterocycles. The fraction of sp³-hybridized carbons (Fsp3) is 0.571. The fourth-order valence-electron chi connectivity index (χ4n) is 2.09. The van der Waals surface area contributed by atoms with Gasteiger partial charge >= 0.3 is 0 Å². The van der Waals surface area contributed by atoms with Gasteiger partial charge in [0.25, 0.3) is 0 Å². The van der Waals surface area contributed by atoms with Crippen LogP contribution in [0.25, 0.3) is 0 Å². The maximum absolute atomic E-state index is 13.6. The number of benzene rings is 1. The molecule has 0 spiro atoms. The maximum Gasteiger partial charge on any atom is 0.146 e. The van der Waals surface area contributed by atoms with Crippen LogP contribution in [0.4, 0.5) is 14.5 Å². The van der Waals surface area contributed by atoms with Crippen LogP contribution < -0.4 is 4.90 Å². The SMILES string of the molecule is CCCC(C)CN(CC)c1cc(F)ccc1F. The Hall–Kier alpha value is -1.12. The van der Waals surface area contributed by atoms with Gasteiger partial charge in [0.1, 0.15) is 11.6 Å². The molecule has 0 aromatic heterocycles. The molecule has 0 N–H and O–H groups in total. The van der Waals surface area contributed by atoms with Crippen molar-refractivity contribution < 1.29 is 8.78 Å². The second kappa shape index (κ2) is 6.58. The van der Waals surface area contributed by atoms with Crippen LogP contribution in [0.3, 0.4) is 0 Å². The first-order chi connectivity index (χ1) is 8.08. The molecule has 1 nitrogen and oxygen atoms in total. The van der Waals surface area contributed by atoms with E-state index in [2.05, 4.69) is 13.8 Å². The third-order valence-corrected chi connectivity index (χ3v) is 2.94. The van der Waals surface area contributed by atoms with Crippen molar-refractivity contribution in [2.24, 2.45) is 5.92 Å². The number of rotatable bonds is 6. The monoisotopic (exact) mass is 241 g/mol. The predicted molar refractivity (Wildman–Crippen MR) is 68.3 cm³/mol. The second-order valence-electron chi connectivity index (χ2n) is 4.53. The summed E-state index contributed by atoms with van der Waals surface area (Å²) in [6.45, 7) is 7.70. The topological polar surface area (TPSA) is 3.24 Å². The third-order valence-electron chi connectivity index (χ3n) is 2.94. The lowest BCUT2D eigenvalue weighted by molar-refractivity contribution is 0.508. The molecule has 1 aromatic carbocycles. The van der Waals surface area contributed by atoms with Gasteiger partial charge in [0, 0.05) is 19.2 Å². The summed E-state index contributed by atoms with van der Waals surface area (Å²) in [7, 11) is 0. The number of hydrogen-bond acceptors (Lipinski definition) is 1. The summed E-state index contributed by atoms with van der Waals surface area (Å²) < 4.78 is 26.8. The molecular formula is C14H21F2N. The number of anilines is 1. The van der Waals surface area contributed by atoms with Crippen molar-refractivity contribution in [3.05, 3.63) is 29.8 Å². The third kappa shape index (κ3) is 3.99. The largest absolute Gasteiger partial charge is 0.369 e. The molecule has 0 aliphatic carbocycles. The van der Waals surface area contributed by atoms with Crippen molar-refractivity contribution in [3.8, 4) is 0 Å². The zero-order chi connectivity index (χ0) is 12.8. The average Bonchev–Trinajstić information content (AvgIpc) is 2.30. The molecule has 0 radical (unpaired) electrons. The molecule has 0 aliphatic rings. The van der Waals surface area contributed by atoms with E-state index in [1.807, 2.05) is 11.8 Å². The average molecular weight is 241 g/mol. The second-order valence-corrected chi connectivity index (χ2v) is 4.53. The van der Waals surface area contributed by atoms with E-state index in [4.69, 9.17) is 0 Å². The van der Waals surface area contributed by atoms with Crippen molar-refractivity contribution in [1.29, 1.82) is 0 Å². The summed E-state index contributed by atoms with van der Waals surface area (Å²) in [6.07, 6.45) is 2.22. The van der Waals surface area contributed by atoms with Crippen LogP contribution in [0.2, 0.25) is 0 Å². The first kappa shape index (κ1) is 13.9. The van der Waals surface area contributed by atoms with E-state index in [9.17, 15) is 8.78 Å². The van der Waals surface area contributed by atoms with Crippen molar-refractivity contribution in [3.63, 3.8) is 0 Å². The minimum Gasteiger partial charge on any atom is -0.369 e. The van der Waals surface area contributed by atoms with E-state index in [1.54, 1.807) is 0 Å². The van der Waals surface area contributed by atoms with Gasteiger partial charge in [-0.2, -0.15) is 0 Å². The molecule has 1 rings (SSSR count). The van der Waals surface area contributed by atoms with Crippen LogP contribution in [0.1, 0.15) is 33.6 Å². The van der Waals surface area contributed by atoms with Crippen LogP contribution in [0.15, 0.2) is 18.2 Å². The van der Waals surface area contributed by atoms with E-state index in [0.717, 1.165) is 25.5 Å². The molecule has 96 valence electrons.